The summed E-state index contributed by atoms with van der Waals surface area (Å²) < 4.78 is 18.3. The van der Waals surface area contributed by atoms with Gasteiger partial charge in [0.2, 0.25) is 11.8 Å². The first kappa shape index (κ1) is 13.3. The molecule has 1 atom stereocenters. The molecule has 1 aromatic carbocycles. The van der Waals surface area contributed by atoms with Crippen LogP contribution >= 0.6 is 0 Å². The van der Waals surface area contributed by atoms with E-state index in [9.17, 15) is 14.0 Å². The van der Waals surface area contributed by atoms with Crippen LogP contribution < -0.4 is 15.0 Å². The van der Waals surface area contributed by atoms with Crippen molar-refractivity contribution >= 4 is 17.5 Å². The number of amides is 2. The molecule has 0 aliphatic carbocycles. The van der Waals surface area contributed by atoms with Gasteiger partial charge in [0, 0.05) is 6.07 Å². The quantitative estimate of drug-likeness (QED) is 0.890. The number of methoxy groups -OCH3 is 1. The van der Waals surface area contributed by atoms with E-state index in [2.05, 4.69) is 5.32 Å². The van der Waals surface area contributed by atoms with Gasteiger partial charge in [-0.3, -0.25) is 14.5 Å². The van der Waals surface area contributed by atoms with Crippen molar-refractivity contribution in [1.29, 1.82) is 0 Å². The van der Waals surface area contributed by atoms with Crippen LogP contribution in [0.5, 0.6) is 5.75 Å². The van der Waals surface area contributed by atoms with Crippen LogP contribution in [0.3, 0.4) is 0 Å². The van der Waals surface area contributed by atoms with Crippen LogP contribution in [0.15, 0.2) is 18.2 Å². The fraction of sp³-hybridized carbons (Fsp3) is 0.385. The minimum Gasteiger partial charge on any atom is -0.494 e. The van der Waals surface area contributed by atoms with E-state index < -0.39 is 11.9 Å². The van der Waals surface area contributed by atoms with E-state index in [-0.39, 0.29) is 24.1 Å². The van der Waals surface area contributed by atoms with Crippen LogP contribution in [0.2, 0.25) is 0 Å². The molecule has 1 fully saturated rings. The van der Waals surface area contributed by atoms with Gasteiger partial charge in [-0.25, -0.2) is 4.39 Å². The fourth-order valence-corrected chi connectivity index (χ4v) is 2.18. The smallest absolute Gasteiger partial charge is 0.247 e. The molecule has 0 bridgehead atoms. The molecule has 1 aliphatic heterocycles. The molecular weight excluding hydrogens is 251 g/mol. The van der Waals surface area contributed by atoms with E-state index in [1.165, 1.54) is 30.2 Å². The second-order valence-corrected chi connectivity index (χ2v) is 4.22. The SMILES string of the molecule is CCC1C(=O)NCC(=O)N1c1ccc(F)cc1OC. The predicted octanol–water partition coefficient (Wildman–Crippen LogP) is 1.08. The molecule has 19 heavy (non-hydrogen) atoms. The lowest BCUT2D eigenvalue weighted by Crippen LogP contribution is -2.58. The Bertz CT molecular complexity index is 519. The summed E-state index contributed by atoms with van der Waals surface area (Å²) in [5.41, 5.74) is 0.413. The maximum atomic E-state index is 13.2. The van der Waals surface area contributed by atoms with Gasteiger partial charge in [0.05, 0.1) is 19.3 Å². The molecule has 6 heteroatoms. The van der Waals surface area contributed by atoms with E-state index in [1.54, 1.807) is 0 Å². The molecule has 1 N–H and O–H groups in total. The molecule has 1 saturated heterocycles. The van der Waals surface area contributed by atoms with Gasteiger partial charge in [-0.2, -0.15) is 0 Å². The third-order valence-electron chi connectivity index (χ3n) is 3.08. The summed E-state index contributed by atoms with van der Waals surface area (Å²) >= 11 is 0. The van der Waals surface area contributed by atoms with E-state index >= 15 is 0 Å². The van der Waals surface area contributed by atoms with Crippen molar-refractivity contribution in [3.05, 3.63) is 24.0 Å². The van der Waals surface area contributed by atoms with Crippen molar-refractivity contribution in [3.8, 4) is 5.75 Å². The number of nitrogens with one attached hydrogen (secondary N) is 1. The Balaban J connectivity index is 2.47. The standard InChI is InChI=1S/C13H15FN2O3/c1-3-9-13(18)15-7-12(17)16(9)10-5-4-8(14)6-11(10)19-2/h4-6,9H,3,7H2,1-2H3,(H,15,18). The number of rotatable bonds is 3. The van der Waals surface area contributed by atoms with Crippen LogP contribution in [0, 0.1) is 5.82 Å². The zero-order valence-corrected chi connectivity index (χ0v) is 10.8. The lowest BCUT2D eigenvalue weighted by Gasteiger charge is -2.35. The van der Waals surface area contributed by atoms with Crippen molar-refractivity contribution < 1.29 is 18.7 Å². The van der Waals surface area contributed by atoms with Crippen LogP contribution in [0.25, 0.3) is 0 Å². The van der Waals surface area contributed by atoms with Crippen LogP contribution in [0.1, 0.15) is 13.3 Å². The van der Waals surface area contributed by atoms with Gasteiger partial charge in [0.1, 0.15) is 17.6 Å². The summed E-state index contributed by atoms with van der Waals surface area (Å²) in [5.74, 6) is -0.672. The molecule has 0 radical (unpaired) electrons. The molecule has 0 saturated carbocycles. The number of hydrogen-bond acceptors (Lipinski definition) is 3. The predicted molar refractivity (Wildman–Crippen MR) is 67.5 cm³/mol. The summed E-state index contributed by atoms with van der Waals surface area (Å²) in [5, 5.41) is 2.54. The highest BCUT2D eigenvalue weighted by Crippen LogP contribution is 2.32. The fourth-order valence-electron chi connectivity index (χ4n) is 2.18. The van der Waals surface area contributed by atoms with Gasteiger partial charge in [-0.15, -0.1) is 0 Å². The van der Waals surface area contributed by atoms with E-state index in [0.29, 0.717) is 12.1 Å². The number of halogens is 1. The lowest BCUT2D eigenvalue weighted by atomic mass is 10.1. The average molecular weight is 266 g/mol. The van der Waals surface area contributed by atoms with Crippen molar-refractivity contribution in [2.24, 2.45) is 0 Å². The first-order chi connectivity index (χ1) is 9.08. The van der Waals surface area contributed by atoms with Crippen LogP contribution in [-0.2, 0) is 9.59 Å². The van der Waals surface area contributed by atoms with Crippen molar-refractivity contribution in [3.63, 3.8) is 0 Å². The molecule has 1 heterocycles. The normalized spacial score (nSPS) is 19.3. The molecule has 1 aliphatic rings. The number of carbonyl (C=O) groups is 2. The minimum atomic E-state index is -0.597. The molecule has 1 unspecified atom stereocenters. The number of piperazine rings is 1. The maximum Gasteiger partial charge on any atom is 0.247 e. The second-order valence-electron chi connectivity index (χ2n) is 4.22. The van der Waals surface area contributed by atoms with Gasteiger partial charge in [0.25, 0.3) is 0 Å². The third-order valence-corrected chi connectivity index (χ3v) is 3.08. The first-order valence-electron chi connectivity index (χ1n) is 6.01. The second kappa shape index (κ2) is 5.26. The zero-order chi connectivity index (χ0) is 14.0. The molecule has 2 rings (SSSR count). The molecule has 2 amide bonds. The topological polar surface area (TPSA) is 58.6 Å². The largest absolute Gasteiger partial charge is 0.494 e. The number of benzene rings is 1. The number of hydrogen-bond donors (Lipinski definition) is 1. The maximum absolute atomic E-state index is 13.2. The zero-order valence-electron chi connectivity index (χ0n) is 10.8. The van der Waals surface area contributed by atoms with Gasteiger partial charge >= 0.3 is 0 Å². The minimum absolute atomic E-state index is 0.0597. The van der Waals surface area contributed by atoms with Crippen molar-refractivity contribution in [2.45, 2.75) is 19.4 Å². The highest BCUT2D eigenvalue weighted by atomic mass is 19.1. The Morgan fingerprint density at radius 1 is 1.47 bits per heavy atom. The van der Waals surface area contributed by atoms with Gasteiger partial charge in [0.15, 0.2) is 0 Å². The number of ether oxygens (including phenoxy) is 1. The molecule has 1 aromatic rings. The summed E-state index contributed by atoms with van der Waals surface area (Å²) in [6.45, 7) is 1.75. The highest BCUT2D eigenvalue weighted by Gasteiger charge is 2.35. The summed E-state index contributed by atoms with van der Waals surface area (Å²) in [6, 6.07) is 3.29. The molecule has 5 nitrogen and oxygen atoms in total. The van der Waals surface area contributed by atoms with E-state index in [0.717, 1.165) is 0 Å². The van der Waals surface area contributed by atoms with Gasteiger partial charge in [-0.05, 0) is 18.6 Å². The highest BCUT2D eigenvalue weighted by molar-refractivity contribution is 6.07. The van der Waals surface area contributed by atoms with Crippen molar-refractivity contribution in [2.75, 3.05) is 18.6 Å². The molecule has 0 spiro atoms. The van der Waals surface area contributed by atoms with Crippen LogP contribution in [0.4, 0.5) is 10.1 Å². The summed E-state index contributed by atoms with van der Waals surface area (Å²) in [4.78, 5) is 25.2. The monoisotopic (exact) mass is 266 g/mol. The molecule has 102 valence electrons. The van der Waals surface area contributed by atoms with Gasteiger partial charge < -0.3 is 10.1 Å². The average Bonchev–Trinajstić information content (AvgIpc) is 2.41. The van der Waals surface area contributed by atoms with E-state index in [4.69, 9.17) is 4.74 Å². The Morgan fingerprint density at radius 3 is 2.84 bits per heavy atom. The molecular formula is C13H15FN2O3. The van der Waals surface area contributed by atoms with Crippen molar-refractivity contribution in [1.82, 2.24) is 5.32 Å². The Labute approximate surface area is 110 Å². The Hall–Kier alpha value is -2.11. The summed E-state index contributed by atoms with van der Waals surface area (Å²) in [6.07, 6.45) is 0.470. The first-order valence-corrected chi connectivity index (χ1v) is 6.01. The van der Waals surface area contributed by atoms with Crippen LogP contribution in [-0.4, -0.2) is 31.5 Å². The number of nitrogens with zero attached hydrogens (tertiary/aromatic N) is 1. The number of anilines is 1. The third kappa shape index (κ3) is 2.38. The number of carbonyl (C=O) groups excluding carboxylic acids is 2. The summed E-state index contributed by atoms with van der Waals surface area (Å²) in [7, 11) is 1.40. The van der Waals surface area contributed by atoms with E-state index in [1.807, 2.05) is 6.92 Å². The Kier molecular flexibility index (Phi) is 3.69. The van der Waals surface area contributed by atoms with Gasteiger partial charge in [-0.1, -0.05) is 6.92 Å². The Morgan fingerprint density at radius 2 is 2.21 bits per heavy atom. The molecule has 0 aromatic heterocycles. The lowest BCUT2D eigenvalue weighted by molar-refractivity contribution is -0.131.